The van der Waals surface area contributed by atoms with Gasteiger partial charge in [0.15, 0.2) is 0 Å². The van der Waals surface area contributed by atoms with Crippen LogP contribution in [0.4, 0.5) is 11.5 Å². The number of allylic oxidation sites excluding steroid dienone is 1. The van der Waals surface area contributed by atoms with Crippen molar-refractivity contribution in [2.75, 3.05) is 10.6 Å². The number of hydrogen-bond donors (Lipinski definition) is 3. The molecule has 3 aromatic rings. The average molecular weight is 467 g/mol. The van der Waals surface area contributed by atoms with E-state index in [1.54, 1.807) is 10.8 Å². The maximum Gasteiger partial charge on any atom is 0.352 e. The molecule has 4 rings (SSSR count). The van der Waals surface area contributed by atoms with Crippen molar-refractivity contribution in [3.05, 3.63) is 87.7 Å². The Morgan fingerprint density at radius 1 is 1.20 bits per heavy atom. The van der Waals surface area contributed by atoms with Gasteiger partial charge in [-0.25, -0.2) is 9.48 Å². The van der Waals surface area contributed by atoms with E-state index in [4.69, 9.17) is 0 Å². The summed E-state index contributed by atoms with van der Waals surface area (Å²) in [4.78, 5) is 24.6. The number of amides is 1. The van der Waals surface area contributed by atoms with E-state index in [0.717, 1.165) is 16.5 Å². The van der Waals surface area contributed by atoms with Gasteiger partial charge in [0.1, 0.15) is 23.1 Å². The summed E-state index contributed by atoms with van der Waals surface area (Å²) in [6, 6.07) is 14.6. The van der Waals surface area contributed by atoms with E-state index < -0.39 is 12.0 Å². The van der Waals surface area contributed by atoms with Gasteiger partial charge in [-0.15, -0.1) is 0 Å². The minimum atomic E-state index is -1.11. The number of aryl methyl sites for hydroxylation is 1. The molecule has 1 aliphatic rings. The van der Waals surface area contributed by atoms with Gasteiger partial charge in [-0.1, -0.05) is 53.2 Å². The molecule has 7 nitrogen and oxygen atoms in total. The smallest absolute Gasteiger partial charge is 0.352 e. The molecule has 1 atom stereocenters. The van der Waals surface area contributed by atoms with Crippen LogP contribution < -0.4 is 10.6 Å². The number of halogens is 1. The quantitative estimate of drug-likeness (QED) is 0.516. The van der Waals surface area contributed by atoms with E-state index in [1.807, 2.05) is 48.5 Å². The number of aliphatic carboxylic acids is 1. The highest BCUT2D eigenvalue weighted by Gasteiger charge is 2.30. The average Bonchev–Trinajstić information content (AvgIpc) is 3.18. The number of rotatable bonds is 5. The molecule has 2 heterocycles. The van der Waals surface area contributed by atoms with Crippen LogP contribution >= 0.6 is 15.9 Å². The van der Waals surface area contributed by atoms with Gasteiger partial charge in [0.25, 0.3) is 5.91 Å². The van der Waals surface area contributed by atoms with Crippen LogP contribution in [-0.2, 0) is 11.2 Å². The van der Waals surface area contributed by atoms with E-state index >= 15 is 0 Å². The van der Waals surface area contributed by atoms with Gasteiger partial charge in [0.2, 0.25) is 0 Å². The number of nitrogens with one attached hydrogen (secondary N) is 2. The first kappa shape index (κ1) is 19.9. The fraction of sp³-hybridized carbons (Fsp3) is 0.136. The highest BCUT2D eigenvalue weighted by Crippen LogP contribution is 2.35. The first-order chi connectivity index (χ1) is 14.5. The number of anilines is 2. The minimum absolute atomic E-state index is 0.00917. The molecule has 0 aliphatic carbocycles. The second kappa shape index (κ2) is 8.16. The number of benzene rings is 2. The summed E-state index contributed by atoms with van der Waals surface area (Å²) in [5, 5.41) is 19.6. The van der Waals surface area contributed by atoms with E-state index in [0.29, 0.717) is 11.5 Å². The van der Waals surface area contributed by atoms with E-state index in [2.05, 4.69) is 38.6 Å². The Kier molecular flexibility index (Phi) is 5.41. The standard InChI is InChI=1S/C22H19BrN4O3/c1-2-13-7-9-14(10-8-13)25-21(28)16-12-24-27-19(15-5-3-4-6-17(15)23)11-18(22(29)30)26-20(16)27/h3-12,19,26H,2H2,1H3,(H,25,28)(H,29,30)/t19-/m1/s1. The maximum absolute atomic E-state index is 12.9. The van der Waals surface area contributed by atoms with Gasteiger partial charge in [0.05, 0.1) is 6.20 Å². The summed E-state index contributed by atoms with van der Waals surface area (Å²) < 4.78 is 2.43. The van der Waals surface area contributed by atoms with E-state index in [9.17, 15) is 14.7 Å². The van der Waals surface area contributed by atoms with Crippen LogP contribution in [0.25, 0.3) is 0 Å². The van der Waals surface area contributed by atoms with Crippen LogP contribution in [-0.4, -0.2) is 26.8 Å². The first-order valence-electron chi connectivity index (χ1n) is 9.42. The molecule has 152 valence electrons. The molecule has 0 fully saturated rings. The Balaban J connectivity index is 1.70. The third-order valence-electron chi connectivity index (χ3n) is 4.96. The molecule has 0 saturated heterocycles. The normalized spacial score (nSPS) is 15.0. The van der Waals surface area contributed by atoms with E-state index in [1.165, 1.54) is 11.8 Å². The topological polar surface area (TPSA) is 96.3 Å². The number of carboxylic acid groups (broad SMARTS) is 1. The lowest BCUT2D eigenvalue weighted by Crippen LogP contribution is -2.25. The number of carbonyl (C=O) groups excluding carboxylic acids is 1. The van der Waals surface area contributed by atoms with Gasteiger partial charge in [-0.2, -0.15) is 5.10 Å². The van der Waals surface area contributed by atoms with Crippen molar-refractivity contribution in [1.29, 1.82) is 0 Å². The number of carbonyl (C=O) groups is 2. The first-order valence-corrected chi connectivity index (χ1v) is 10.2. The highest BCUT2D eigenvalue weighted by atomic mass is 79.9. The van der Waals surface area contributed by atoms with Gasteiger partial charge in [-0.3, -0.25) is 4.79 Å². The Labute approximate surface area is 181 Å². The largest absolute Gasteiger partial charge is 0.477 e. The molecular weight excluding hydrogens is 448 g/mol. The summed E-state index contributed by atoms with van der Waals surface area (Å²) in [6.45, 7) is 2.06. The molecule has 0 bridgehead atoms. The fourth-order valence-corrected chi connectivity index (χ4v) is 3.86. The Morgan fingerprint density at radius 3 is 2.60 bits per heavy atom. The molecule has 30 heavy (non-hydrogen) atoms. The Bertz CT molecular complexity index is 1150. The molecule has 2 aromatic carbocycles. The van der Waals surface area contributed by atoms with Crippen LogP contribution in [0.1, 0.15) is 34.5 Å². The SMILES string of the molecule is CCc1ccc(NC(=O)c2cnn3c2NC(C(=O)O)=C[C@@H]3c2ccccc2Br)cc1. The monoisotopic (exact) mass is 466 g/mol. The molecule has 1 aliphatic heterocycles. The number of nitrogens with zero attached hydrogens (tertiary/aromatic N) is 2. The second-order valence-corrected chi connectivity index (χ2v) is 7.69. The predicted molar refractivity (Wildman–Crippen MR) is 118 cm³/mol. The maximum atomic E-state index is 12.9. The van der Waals surface area contributed by atoms with Gasteiger partial charge in [0, 0.05) is 10.2 Å². The predicted octanol–water partition coefficient (Wildman–Crippen LogP) is 4.44. The third-order valence-corrected chi connectivity index (χ3v) is 5.68. The van der Waals surface area contributed by atoms with Crippen LogP contribution in [0.15, 0.2) is 71.0 Å². The van der Waals surface area contributed by atoms with E-state index in [-0.39, 0.29) is 17.2 Å². The zero-order chi connectivity index (χ0) is 21.3. The molecular formula is C22H19BrN4O3. The summed E-state index contributed by atoms with van der Waals surface area (Å²) >= 11 is 3.51. The molecule has 1 amide bonds. The number of hydrogen-bond acceptors (Lipinski definition) is 4. The molecule has 0 radical (unpaired) electrons. The van der Waals surface area contributed by atoms with Crippen LogP contribution in [0.2, 0.25) is 0 Å². The molecule has 0 unspecified atom stereocenters. The van der Waals surface area contributed by atoms with Gasteiger partial charge >= 0.3 is 5.97 Å². The number of fused-ring (bicyclic) bond motifs is 1. The van der Waals surface area contributed by atoms with Crippen molar-refractivity contribution in [2.45, 2.75) is 19.4 Å². The Morgan fingerprint density at radius 2 is 1.93 bits per heavy atom. The fourth-order valence-electron chi connectivity index (χ4n) is 3.35. The lowest BCUT2D eigenvalue weighted by Gasteiger charge is -2.25. The molecule has 0 saturated carbocycles. The van der Waals surface area contributed by atoms with Gasteiger partial charge < -0.3 is 15.7 Å². The second-order valence-electron chi connectivity index (χ2n) is 6.83. The third kappa shape index (κ3) is 3.73. The lowest BCUT2D eigenvalue weighted by molar-refractivity contribution is -0.132. The molecule has 8 heteroatoms. The van der Waals surface area contributed by atoms with Gasteiger partial charge in [-0.05, 0) is 41.8 Å². The molecule has 0 spiro atoms. The van der Waals surface area contributed by atoms with Crippen molar-refractivity contribution < 1.29 is 14.7 Å². The zero-order valence-electron chi connectivity index (χ0n) is 16.1. The number of aromatic nitrogens is 2. The molecule has 1 aromatic heterocycles. The van der Waals surface area contributed by atoms with Crippen LogP contribution in [0.5, 0.6) is 0 Å². The summed E-state index contributed by atoms with van der Waals surface area (Å²) in [6.07, 6.45) is 3.93. The minimum Gasteiger partial charge on any atom is -0.477 e. The van der Waals surface area contributed by atoms with Crippen molar-refractivity contribution >= 4 is 39.3 Å². The van der Waals surface area contributed by atoms with Crippen molar-refractivity contribution in [1.82, 2.24) is 9.78 Å². The lowest BCUT2D eigenvalue weighted by atomic mass is 10.0. The Hall–Kier alpha value is -3.39. The zero-order valence-corrected chi connectivity index (χ0v) is 17.7. The van der Waals surface area contributed by atoms with Crippen molar-refractivity contribution in [3.8, 4) is 0 Å². The highest BCUT2D eigenvalue weighted by molar-refractivity contribution is 9.10. The summed E-state index contributed by atoms with van der Waals surface area (Å²) in [5.41, 5.74) is 2.92. The number of carboxylic acids is 1. The van der Waals surface area contributed by atoms with Crippen molar-refractivity contribution in [3.63, 3.8) is 0 Å². The molecule has 3 N–H and O–H groups in total. The summed E-state index contributed by atoms with van der Waals surface area (Å²) in [7, 11) is 0. The van der Waals surface area contributed by atoms with Crippen LogP contribution in [0, 0.1) is 0 Å². The van der Waals surface area contributed by atoms with Crippen LogP contribution in [0.3, 0.4) is 0 Å². The van der Waals surface area contributed by atoms with Crippen molar-refractivity contribution in [2.24, 2.45) is 0 Å². The summed E-state index contributed by atoms with van der Waals surface area (Å²) in [5.74, 6) is -1.15.